The van der Waals surface area contributed by atoms with Gasteiger partial charge in [0.1, 0.15) is 0 Å². The summed E-state index contributed by atoms with van der Waals surface area (Å²) in [6.07, 6.45) is -17.2. The molecule has 1 fully saturated rings. The largest absolute Gasteiger partial charge is 0.434 e. The average Bonchev–Trinajstić information content (AvgIpc) is 2.65. The Kier molecular flexibility index (Phi) is 6.89. The van der Waals surface area contributed by atoms with Gasteiger partial charge in [-0.2, -0.15) is 26.3 Å². The Balaban J connectivity index is 1.55. The molecule has 1 heterocycles. The SMILES string of the molecule is O=C(OC(C(F)(F)F)C(F)(F)F)N1CC(CCN(c2ccc3ccccc3c2)S(=O)O)C1. The second kappa shape index (κ2) is 9.14. The van der Waals surface area contributed by atoms with Crippen molar-refractivity contribution in [2.45, 2.75) is 24.9 Å². The first-order valence-electron chi connectivity index (χ1n) is 9.32. The summed E-state index contributed by atoms with van der Waals surface area (Å²) in [6, 6.07) is 12.5. The summed E-state index contributed by atoms with van der Waals surface area (Å²) < 4.78 is 101. The van der Waals surface area contributed by atoms with Gasteiger partial charge in [0.25, 0.3) is 17.4 Å². The Morgan fingerprint density at radius 1 is 1.09 bits per heavy atom. The predicted octanol–water partition coefficient (Wildman–Crippen LogP) is 4.73. The molecule has 1 aliphatic rings. The lowest BCUT2D eigenvalue weighted by Gasteiger charge is -2.40. The number of hydrogen-bond donors (Lipinski definition) is 1. The van der Waals surface area contributed by atoms with E-state index in [1.54, 1.807) is 18.2 Å². The number of halogens is 6. The number of hydrogen-bond acceptors (Lipinski definition) is 3. The molecule has 176 valence electrons. The topological polar surface area (TPSA) is 70.1 Å². The highest BCUT2D eigenvalue weighted by atomic mass is 32.2. The maximum atomic E-state index is 12.5. The molecule has 2 aromatic carbocycles. The van der Waals surface area contributed by atoms with Gasteiger partial charge in [0.05, 0.1) is 5.69 Å². The molecule has 1 atom stereocenters. The van der Waals surface area contributed by atoms with Gasteiger partial charge in [0.15, 0.2) is 0 Å². The number of amides is 1. The maximum absolute atomic E-state index is 12.5. The maximum Gasteiger partial charge on any atom is 0.434 e. The van der Waals surface area contributed by atoms with Crippen LogP contribution in [0.1, 0.15) is 6.42 Å². The highest BCUT2D eigenvalue weighted by Crippen LogP contribution is 2.36. The molecular formula is C19H18F6N2O4S. The smallest absolute Gasteiger partial charge is 0.426 e. The minimum atomic E-state index is -5.77. The fourth-order valence-corrected chi connectivity index (χ4v) is 3.88. The summed E-state index contributed by atoms with van der Waals surface area (Å²) in [5, 5.41) is 1.78. The normalized spacial score (nSPS) is 16.2. The van der Waals surface area contributed by atoms with E-state index >= 15 is 0 Å². The van der Waals surface area contributed by atoms with Crippen molar-refractivity contribution < 1.29 is 44.6 Å². The first-order chi connectivity index (χ1) is 14.9. The fourth-order valence-electron chi connectivity index (χ4n) is 3.33. The number of fused-ring (bicyclic) bond motifs is 1. The second-order valence-corrected chi connectivity index (χ2v) is 8.17. The zero-order chi connectivity index (χ0) is 23.7. The van der Waals surface area contributed by atoms with Crippen LogP contribution in [0.4, 0.5) is 36.8 Å². The molecule has 1 N–H and O–H groups in total. The molecule has 1 unspecified atom stereocenters. The average molecular weight is 484 g/mol. The van der Waals surface area contributed by atoms with Crippen LogP contribution in [-0.4, -0.2) is 57.8 Å². The number of likely N-dealkylation sites (tertiary alicyclic amines) is 1. The monoisotopic (exact) mass is 484 g/mol. The van der Waals surface area contributed by atoms with Gasteiger partial charge in [0.2, 0.25) is 0 Å². The Bertz CT molecular complexity index is 980. The van der Waals surface area contributed by atoms with E-state index in [2.05, 4.69) is 4.74 Å². The van der Waals surface area contributed by atoms with E-state index in [0.717, 1.165) is 15.7 Å². The Morgan fingerprint density at radius 3 is 2.25 bits per heavy atom. The highest BCUT2D eigenvalue weighted by molar-refractivity contribution is 7.80. The number of alkyl halides is 6. The van der Waals surface area contributed by atoms with E-state index in [4.69, 9.17) is 0 Å². The van der Waals surface area contributed by atoms with Crippen molar-refractivity contribution in [1.29, 1.82) is 0 Å². The molecule has 0 bridgehead atoms. The van der Waals surface area contributed by atoms with Crippen LogP contribution < -0.4 is 4.31 Å². The minimum absolute atomic E-state index is 0.0860. The number of nitrogens with zero attached hydrogens (tertiary/aromatic N) is 2. The van der Waals surface area contributed by atoms with E-state index in [0.29, 0.717) is 5.69 Å². The van der Waals surface area contributed by atoms with Crippen molar-refractivity contribution in [3.8, 4) is 0 Å². The zero-order valence-electron chi connectivity index (χ0n) is 16.3. The summed E-state index contributed by atoms with van der Waals surface area (Å²) in [5.74, 6) is -0.274. The number of carbonyl (C=O) groups is 1. The lowest BCUT2D eigenvalue weighted by molar-refractivity contribution is -0.309. The summed E-state index contributed by atoms with van der Waals surface area (Å²) >= 11 is -2.36. The molecule has 13 heteroatoms. The Labute approximate surface area is 181 Å². The molecule has 2 aromatic rings. The van der Waals surface area contributed by atoms with Crippen LogP contribution in [0, 0.1) is 5.92 Å². The molecule has 3 rings (SSSR count). The summed E-state index contributed by atoms with van der Waals surface area (Å²) in [6.45, 7) is -0.154. The minimum Gasteiger partial charge on any atom is -0.426 e. The summed E-state index contributed by atoms with van der Waals surface area (Å²) in [5.41, 5.74) is 0.471. The number of rotatable bonds is 6. The third kappa shape index (κ3) is 5.63. The van der Waals surface area contributed by atoms with Crippen LogP contribution in [-0.2, 0) is 16.0 Å². The van der Waals surface area contributed by atoms with E-state index in [1.807, 2.05) is 24.3 Å². The van der Waals surface area contributed by atoms with Gasteiger partial charge < -0.3 is 9.64 Å². The van der Waals surface area contributed by atoms with Gasteiger partial charge in [-0.25, -0.2) is 9.00 Å². The molecule has 0 saturated carbocycles. The van der Waals surface area contributed by atoms with Gasteiger partial charge in [-0.3, -0.25) is 8.86 Å². The van der Waals surface area contributed by atoms with Crippen molar-refractivity contribution in [3.05, 3.63) is 42.5 Å². The molecular weight excluding hydrogens is 466 g/mol. The predicted molar refractivity (Wildman–Crippen MR) is 104 cm³/mol. The Morgan fingerprint density at radius 2 is 1.69 bits per heavy atom. The number of ether oxygens (including phenoxy) is 1. The first-order valence-corrected chi connectivity index (χ1v) is 10.4. The van der Waals surface area contributed by atoms with E-state index < -0.39 is 35.8 Å². The van der Waals surface area contributed by atoms with Crippen LogP contribution in [0.5, 0.6) is 0 Å². The number of carbonyl (C=O) groups excluding carboxylic acids is 1. The summed E-state index contributed by atoms with van der Waals surface area (Å²) in [7, 11) is 0. The van der Waals surface area contributed by atoms with Gasteiger partial charge in [0, 0.05) is 19.6 Å². The van der Waals surface area contributed by atoms with Crippen LogP contribution in [0.15, 0.2) is 42.5 Å². The third-order valence-electron chi connectivity index (χ3n) is 4.98. The van der Waals surface area contributed by atoms with Gasteiger partial charge >= 0.3 is 18.4 Å². The molecule has 0 spiro atoms. The third-order valence-corrected chi connectivity index (χ3v) is 5.75. The molecule has 32 heavy (non-hydrogen) atoms. The van der Waals surface area contributed by atoms with Crippen LogP contribution in [0.3, 0.4) is 0 Å². The highest BCUT2D eigenvalue weighted by Gasteiger charge is 2.60. The number of anilines is 1. The Hall–Kier alpha value is -2.54. The van der Waals surface area contributed by atoms with E-state index in [9.17, 15) is 39.9 Å². The first kappa shape index (κ1) is 24.1. The second-order valence-electron chi connectivity index (χ2n) is 7.27. The molecule has 6 nitrogen and oxygen atoms in total. The number of benzene rings is 2. The quantitative estimate of drug-likeness (QED) is 0.475. The van der Waals surface area contributed by atoms with Gasteiger partial charge in [-0.1, -0.05) is 30.3 Å². The van der Waals surface area contributed by atoms with Gasteiger partial charge in [-0.05, 0) is 35.2 Å². The molecule has 1 saturated heterocycles. The van der Waals surface area contributed by atoms with Crippen molar-refractivity contribution in [3.63, 3.8) is 0 Å². The van der Waals surface area contributed by atoms with E-state index in [-0.39, 0.29) is 32.0 Å². The summed E-state index contributed by atoms with van der Waals surface area (Å²) in [4.78, 5) is 12.4. The molecule has 0 aromatic heterocycles. The molecule has 1 aliphatic heterocycles. The molecule has 0 aliphatic carbocycles. The standard InChI is InChI=1S/C19H18F6N2O4S/c20-18(21,22)16(19(23,24)25)31-17(28)26-10-12(11-26)7-8-27(32(29)30)15-6-5-13-3-1-2-4-14(13)9-15/h1-6,9,12,16H,7-8,10-11H2,(H,29,30). The molecule has 0 radical (unpaired) electrons. The van der Waals surface area contributed by atoms with Crippen molar-refractivity contribution in [1.82, 2.24) is 4.90 Å². The van der Waals surface area contributed by atoms with Gasteiger partial charge in [-0.15, -0.1) is 0 Å². The lowest BCUT2D eigenvalue weighted by atomic mass is 9.97. The van der Waals surface area contributed by atoms with Crippen LogP contribution in [0.25, 0.3) is 10.8 Å². The van der Waals surface area contributed by atoms with Crippen LogP contribution >= 0.6 is 0 Å². The van der Waals surface area contributed by atoms with Crippen molar-refractivity contribution >= 4 is 33.8 Å². The zero-order valence-corrected chi connectivity index (χ0v) is 17.1. The fraction of sp³-hybridized carbons (Fsp3) is 0.421. The van der Waals surface area contributed by atoms with Crippen molar-refractivity contribution in [2.75, 3.05) is 23.9 Å². The lowest BCUT2D eigenvalue weighted by Crippen LogP contribution is -2.54. The molecule has 1 amide bonds. The van der Waals surface area contributed by atoms with Crippen molar-refractivity contribution in [2.24, 2.45) is 5.92 Å². The van der Waals surface area contributed by atoms with E-state index in [1.165, 1.54) is 4.31 Å². The van der Waals surface area contributed by atoms with Crippen LogP contribution in [0.2, 0.25) is 0 Å².